The molecular formula is C13H15N3O3S. The Hall–Kier alpha value is -1.86. The fourth-order valence-corrected chi connectivity index (χ4v) is 2.57. The Kier molecular flexibility index (Phi) is 4.41. The van der Waals surface area contributed by atoms with Crippen molar-refractivity contribution in [3.05, 3.63) is 46.0 Å². The Morgan fingerprint density at radius 2 is 2.30 bits per heavy atom. The summed E-state index contributed by atoms with van der Waals surface area (Å²) in [7, 11) is 0. The highest BCUT2D eigenvalue weighted by Gasteiger charge is 2.11. The molecule has 2 aromatic rings. The number of nitrogens with zero attached hydrogens (tertiary/aromatic N) is 2. The van der Waals surface area contributed by atoms with Crippen LogP contribution < -0.4 is 11.3 Å². The van der Waals surface area contributed by atoms with Crippen LogP contribution in [0.15, 0.2) is 29.2 Å². The molecule has 106 valence electrons. The standard InChI is InChI=1S/C13H15N3O3S/c1-8-2-3-11-15-9(4-12(17)16(11)5-8)6-20-7-10(14)13(18)19/h2-5,10H,6-7,14H2,1H3,(H,18,19)/t10-/m0/s1. The molecule has 0 amide bonds. The van der Waals surface area contributed by atoms with E-state index in [0.29, 0.717) is 17.1 Å². The second kappa shape index (κ2) is 6.06. The van der Waals surface area contributed by atoms with Crippen molar-refractivity contribution in [1.82, 2.24) is 9.38 Å². The zero-order valence-electron chi connectivity index (χ0n) is 10.9. The van der Waals surface area contributed by atoms with Gasteiger partial charge in [0.2, 0.25) is 0 Å². The van der Waals surface area contributed by atoms with E-state index in [4.69, 9.17) is 10.8 Å². The SMILES string of the molecule is Cc1ccc2nc(CSC[C@H](N)C(=O)O)cc(=O)n2c1. The molecule has 0 saturated heterocycles. The van der Waals surface area contributed by atoms with Gasteiger partial charge >= 0.3 is 5.97 Å². The van der Waals surface area contributed by atoms with E-state index in [1.54, 1.807) is 12.3 Å². The largest absolute Gasteiger partial charge is 0.480 e. The van der Waals surface area contributed by atoms with E-state index in [-0.39, 0.29) is 11.3 Å². The van der Waals surface area contributed by atoms with E-state index in [0.717, 1.165) is 5.56 Å². The number of fused-ring (bicyclic) bond motifs is 1. The van der Waals surface area contributed by atoms with Gasteiger partial charge in [0.15, 0.2) is 0 Å². The lowest BCUT2D eigenvalue weighted by Crippen LogP contribution is -2.32. The van der Waals surface area contributed by atoms with Gasteiger partial charge in [-0.2, -0.15) is 11.8 Å². The molecule has 2 rings (SSSR count). The number of hydrogen-bond donors (Lipinski definition) is 2. The lowest BCUT2D eigenvalue weighted by atomic mass is 10.3. The van der Waals surface area contributed by atoms with E-state index in [9.17, 15) is 9.59 Å². The van der Waals surface area contributed by atoms with Crippen LogP contribution in [0.4, 0.5) is 0 Å². The van der Waals surface area contributed by atoms with E-state index in [1.165, 1.54) is 22.2 Å². The molecule has 0 aromatic carbocycles. The highest BCUT2D eigenvalue weighted by Crippen LogP contribution is 2.11. The summed E-state index contributed by atoms with van der Waals surface area (Å²) in [5.74, 6) is -0.287. The van der Waals surface area contributed by atoms with Crippen molar-refractivity contribution in [2.24, 2.45) is 5.73 Å². The highest BCUT2D eigenvalue weighted by atomic mass is 32.2. The molecule has 0 aliphatic rings. The molecule has 0 unspecified atom stereocenters. The second-order valence-electron chi connectivity index (χ2n) is 4.48. The van der Waals surface area contributed by atoms with Crippen LogP contribution in [-0.4, -0.2) is 32.3 Å². The number of aryl methyl sites for hydroxylation is 1. The van der Waals surface area contributed by atoms with Gasteiger partial charge in [0.05, 0.1) is 5.69 Å². The van der Waals surface area contributed by atoms with Gasteiger partial charge in [-0.05, 0) is 18.6 Å². The van der Waals surface area contributed by atoms with Crippen LogP contribution in [0.1, 0.15) is 11.3 Å². The first-order valence-electron chi connectivity index (χ1n) is 6.02. The van der Waals surface area contributed by atoms with Crippen molar-refractivity contribution in [2.45, 2.75) is 18.7 Å². The molecule has 0 spiro atoms. The third kappa shape index (κ3) is 3.37. The number of hydrogen-bond acceptors (Lipinski definition) is 5. The number of rotatable bonds is 5. The molecule has 3 N–H and O–H groups in total. The lowest BCUT2D eigenvalue weighted by molar-refractivity contribution is -0.137. The van der Waals surface area contributed by atoms with Crippen molar-refractivity contribution < 1.29 is 9.90 Å². The van der Waals surface area contributed by atoms with Gasteiger partial charge < -0.3 is 10.8 Å². The number of nitrogens with two attached hydrogens (primary N) is 1. The molecule has 7 heteroatoms. The summed E-state index contributed by atoms with van der Waals surface area (Å²) < 4.78 is 1.49. The molecule has 2 aromatic heterocycles. The first-order valence-corrected chi connectivity index (χ1v) is 7.18. The van der Waals surface area contributed by atoms with Crippen molar-refractivity contribution in [1.29, 1.82) is 0 Å². The zero-order valence-corrected chi connectivity index (χ0v) is 11.8. The molecule has 2 heterocycles. The van der Waals surface area contributed by atoms with Crippen LogP contribution >= 0.6 is 11.8 Å². The normalized spacial score (nSPS) is 12.5. The van der Waals surface area contributed by atoms with Crippen LogP contribution in [-0.2, 0) is 10.5 Å². The Labute approximate surface area is 119 Å². The number of pyridine rings is 1. The van der Waals surface area contributed by atoms with Gasteiger partial charge in [-0.3, -0.25) is 14.0 Å². The summed E-state index contributed by atoms with van der Waals surface area (Å²) in [4.78, 5) is 26.9. The quantitative estimate of drug-likeness (QED) is 0.840. The molecule has 0 radical (unpaired) electrons. The van der Waals surface area contributed by atoms with Crippen LogP contribution in [0.3, 0.4) is 0 Å². The first kappa shape index (κ1) is 14.5. The van der Waals surface area contributed by atoms with Crippen LogP contribution in [0.25, 0.3) is 5.65 Å². The average Bonchev–Trinajstić information content (AvgIpc) is 2.39. The van der Waals surface area contributed by atoms with Crippen LogP contribution in [0.2, 0.25) is 0 Å². The maximum absolute atomic E-state index is 12.0. The van der Waals surface area contributed by atoms with Gasteiger partial charge in [-0.15, -0.1) is 0 Å². The van der Waals surface area contributed by atoms with E-state index >= 15 is 0 Å². The molecule has 0 aliphatic carbocycles. The van der Waals surface area contributed by atoms with Crippen LogP contribution in [0.5, 0.6) is 0 Å². The second-order valence-corrected chi connectivity index (χ2v) is 5.51. The highest BCUT2D eigenvalue weighted by molar-refractivity contribution is 7.98. The first-order chi connectivity index (χ1) is 9.47. The van der Waals surface area contributed by atoms with E-state index in [2.05, 4.69) is 4.98 Å². The maximum atomic E-state index is 12.0. The number of carbonyl (C=O) groups is 1. The zero-order chi connectivity index (χ0) is 14.7. The molecular weight excluding hydrogens is 278 g/mol. The summed E-state index contributed by atoms with van der Waals surface area (Å²) in [5, 5.41) is 8.68. The summed E-state index contributed by atoms with van der Waals surface area (Å²) >= 11 is 1.35. The minimum Gasteiger partial charge on any atom is -0.480 e. The number of carboxylic acid groups (broad SMARTS) is 1. The minimum absolute atomic E-state index is 0.142. The number of carboxylic acids is 1. The lowest BCUT2D eigenvalue weighted by Gasteiger charge is -2.07. The minimum atomic E-state index is -1.03. The summed E-state index contributed by atoms with van der Waals surface area (Å²) in [6.45, 7) is 1.91. The van der Waals surface area contributed by atoms with Crippen LogP contribution in [0, 0.1) is 6.92 Å². The van der Waals surface area contributed by atoms with Gasteiger partial charge in [0.25, 0.3) is 5.56 Å². The third-order valence-corrected chi connectivity index (χ3v) is 3.82. The number of aromatic nitrogens is 2. The Morgan fingerprint density at radius 3 is 3.00 bits per heavy atom. The monoisotopic (exact) mass is 293 g/mol. The number of aliphatic carboxylic acids is 1. The average molecular weight is 293 g/mol. The van der Waals surface area contributed by atoms with Gasteiger partial charge in [-0.25, -0.2) is 4.98 Å². The molecule has 0 saturated carbocycles. The molecule has 6 nitrogen and oxygen atoms in total. The topological polar surface area (TPSA) is 97.7 Å². The predicted molar refractivity (Wildman–Crippen MR) is 78.0 cm³/mol. The smallest absolute Gasteiger partial charge is 0.321 e. The van der Waals surface area contributed by atoms with E-state index < -0.39 is 12.0 Å². The molecule has 20 heavy (non-hydrogen) atoms. The fraction of sp³-hybridized carbons (Fsp3) is 0.308. The number of thioether (sulfide) groups is 1. The summed E-state index contributed by atoms with van der Waals surface area (Å²) in [5.41, 5.74) is 7.46. The summed E-state index contributed by atoms with van der Waals surface area (Å²) in [6, 6.07) is 4.24. The van der Waals surface area contributed by atoms with Crippen molar-refractivity contribution in [2.75, 3.05) is 5.75 Å². The van der Waals surface area contributed by atoms with Crippen molar-refractivity contribution >= 4 is 23.4 Å². The Balaban J connectivity index is 2.14. The molecule has 1 atom stereocenters. The van der Waals surface area contributed by atoms with Gasteiger partial charge in [0.1, 0.15) is 11.7 Å². The van der Waals surface area contributed by atoms with Gasteiger partial charge in [-0.1, -0.05) is 6.07 Å². The van der Waals surface area contributed by atoms with Crippen molar-refractivity contribution in [3.8, 4) is 0 Å². The fourth-order valence-electron chi connectivity index (χ4n) is 1.69. The summed E-state index contributed by atoms with van der Waals surface area (Å²) in [6.07, 6.45) is 1.74. The molecule has 0 bridgehead atoms. The maximum Gasteiger partial charge on any atom is 0.321 e. The Bertz CT molecular complexity index is 699. The van der Waals surface area contributed by atoms with E-state index in [1.807, 2.05) is 13.0 Å². The Morgan fingerprint density at radius 1 is 1.55 bits per heavy atom. The third-order valence-electron chi connectivity index (χ3n) is 2.73. The predicted octanol–water partition coefficient (Wildman–Crippen LogP) is 0.648. The molecule has 0 fully saturated rings. The van der Waals surface area contributed by atoms with Crippen molar-refractivity contribution in [3.63, 3.8) is 0 Å². The molecule has 0 aliphatic heterocycles. The van der Waals surface area contributed by atoms with Gasteiger partial charge in [0, 0.05) is 23.8 Å².